The van der Waals surface area contributed by atoms with E-state index >= 15 is 0 Å². The van der Waals surface area contributed by atoms with Crippen molar-refractivity contribution in [3.8, 4) is 0 Å². The largest absolute Gasteiger partial charge is 0.466 e. The summed E-state index contributed by atoms with van der Waals surface area (Å²) in [6.45, 7) is 1.90. The first-order valence-electron chi connectivity index (χ1n) is 5.14. The van der Waals surface area contributed by atoms with Gasteiger partial charge in [-0.3, -0.25) is 9.59 Å². The summed E-state index contributed by atoms with van der Waals surface area (Å²) in [6, 6.07) is 4.71. The average molecular weight is 303 g/mol. The summed E-state index contributed by atoms with van der Waals surface area (Å²) >= 11 is 3.03. The molecule has 0 aliphatic rings. The third-order valence-electron chi connectivity index (χ3n) is 2.07. The van der Waals surface area contributed by atoms with Gasteiger partial charge in [0.2, 0.25) is 0 Å². The molecular formula is C12H12BrFO3. The van der Waals surface area contributed by atoms with Crippen LogP contribution in [0.15, 0.2) is 22.7 Å². The first-order chi connectivity index (χ1) is 8.04. The fourth-order valence-electron chi connectivity index (χ4n) is 1.33. The third-order valence-corrected chi connectivity index (χ3v) is 2.68. The molecule has 5 heteroatoms. The molecule has 0 saturated carbocycles. The maximum absolute atomic E-state index is 13.5. The quantitative estimate of drug-likeness (QED) is 0.620. The highest BCUT2D eigenvalue weighted by Gasteiger charge is 2.14. The van der Waals surface area contributed by atoms with Gasteiger partial charge in [-0.2, -0.15) is 0 Å². The highest BCUT2D eigenvalue weighted by molar-refractivity contribution is 9.10. The molecule has 0 atom stereocenters. The van der Waals surface area contributed by atoms with Gasteiger partial charge in [-0.15, -0.1) is 0 Å². The van der Waals surface area contributed by atoms with Crippen molar-refractivity contribution in [3.05, 3.63) is 34.1 Å². The minimum atomic E-state index is -0.576. The predicted octanol–water partition coefficient (Wildman–Crippen LogP) is 2.65. The summed E-state index contributed by atoms with van der Waals surface area (Å²) in [6.07, 6.45) is -0.427. The Morgan fingerprint density at radius 3 is 2.76 bits per heavy atom. The number of ketones is 1. The van der Waals surface area contributed by atoms with Gasteiger partial charge in [0, 0.05) is 6.42 Å². The van der Waals surface area contributed by atoms with Crippen LogP contribution < -0.4 is 0 Å². The van der Waals surface area contributed by atoms with Crippen LogP contribution in [0.3, 0.4) is 0 Å². The molecule has 0 bridgehead atoms. The first kappa shape index (κ1) is 13.8. The number of carbonyl (C=O) groups excluding carboxylic acids is 2. The molecule has 0 aromatic heterocycles. The molecule has 0 heterocycles. The molecule has 0 aliphatic heterocycles. The molecule has 1 rings (SSSR count). The molecule has 1 aromatic rings. The van der Waals surface area contributed by atoms with E-state index in [2.05, 4.69) is 20.7 Å². The minimum absolute atomic E-state index is 0.107. The smallest absolute Gasteiger partial charge is 0.313 e. The Bertz CT molecular complexity index is 432. The number of halogens is 2. The lowest BCUT2D eigenvalue weighted by atomic mass is 10.1. The summed E-state index contributed by atoms with van der Waals surface area (Å²) in [5.74, 6) is -1.40. The molecule has 0 fully saturated rings. The Morgan fingerprint density at radius 2 is 2.12 bits per heavy atom. The van der Waals surface area contributed by atoms with Gasteiger partial charge in [0.1, 0.15) is 18.0 Å². The number of Topliss-reactive ketones (excluding diaryl/α,β-unsaturated/α-hetero) is 1. The van der Waals surface area contributed by atoms with Crippen LogP contribution in [0.5, 0.6) is 0 Å². The number of esters is 1. The molecule has 0 unspecified atom stereocenters. The molecule has 0 N–H and O–H groups in total. The van der Waals surface area contributed by atoms with Crippen molar-refractivity contribution in [3.63, 3.8) is 0 Å². The lowest BCUT2D eigenvalue weighted by molar-refractivity contribution is -0.145. The fraction of sp³-hybridized carbons (Fsp3) is 0.333. The standard InChI is InChI=1S/C12H12BrFO3/c1-2-17-11(16)7-9(15)6-8-4-3-5-10(13)12(8)14/h3-5H,2,6-7H2,1H3. The highest BCUT2D eigenvalue weighted by atomic mass is 79.9. The zero-order valence-corrected chi connectivity index (χ0v) is 10.9. The zero-order chi connectivity index (χ0) is 12.8. The van der Waals surface area contributed by atoms with E-state index in [1.54, 1.807) is 19.1 Å². The van der Waals surface area contributed by atoms with Crippen molar-refractivity contribution in [1.82, 2.24) is 0 Å². The molecule has 92 valence electrons. The molecule has 0 aliphatic carbocycles. The summed E-state index contributed by atoms with van der Waals surface area (Å²) < 4.78 is 18.5. The Balaban J connectivity index is 2.62. The number of carbonyl (C=O) groups is 2. The fourth-order valence-corrected chi connectivity index (χ4v) is 1.74. The Kier molecular flexibility index (Phi) is 5.28. The van der Waals surface area contributed by atoms with E-state index in [4.69, 9.17) is 0 Å². The lowest BCUT2D eigenvalue weighted by Gasteiger charge is -2.04. The zero-order valence-electron chi connectivity index (χ0n) is 9.33. The monoisotopic (exact) mass is 302 g/mol. The van der Waals surface area contributed by atoms with Crippen LogP contribution >= 0.6 is 15.9 Å². The Labute approximate surface area is 107 Å². The van der Waals surface area contributed by atoms with Crippen molar-refractivity contribution >= 4 is 27.7 Å². The van der Waals surface area contributed by atoms with Gasteiger partial charge in [-0.1, -0.05) is 12.1 Å². The second-order valence-corrected chi connectivity index (χ2v) is 4.26. The van der Waals surface area contributed by atoms with E-state index in [-0.39, 0.29) is 30.8 Å². The van der Waals surface area contributed by atoms with Crippen LogP contribution in [0, 0.1) is 5.82 Å². The highest BCUT2D eigenvalue weighted by Crippen LogP contribution is 2.19. The number of hydrogen-bond acceptors (Lipinski definition) is 3. The van der Waals surface area contributed by atoms with Crippen LogP contribution in [-0.2, 0) is 20.7 Å². The SMILES string of the molecule is CCOC(=O)CC(=O)Cc1cccc(Br)c1F. The van der Waals surface area contributed by atoms with Gasteiger partial charge in [-0.25, -0.2) is 4.39 Å². The topological polar surface area (TPSA) is 43.4 Å². The first-order valence-corrected chi connectivity index (χ1v) is 5.94. The van der Waals surface area contributed by atoms with Gasteiger partial charge in [0.05, 0.1) is 11.1 Å². The molecule has 17 heavy (non-hydrogen) atoms. The van der Waals surface area contributed by atoms with E-state index in [0.717, 1.165) is 0 Å². The number of benzene rings is 1. The number of rotatable bonds is 5. The van der Waals surface area contributed by atoms with Crippen LogP contribution in [0.1, 0.15) is 18.9 Å². The molecule has 0 saturated heterocycles. The van der Waals surface area contributed by atoms with Crippen molar-refractivity contribution < 1.29 is 18.7 Å². The van der Waals surface area contributed by atoms with Gasteiger partial charge in [-0.05, 0) is 34.5 Å². The maximum Gasteiger partial charge on any atom is 0.313 e. The second kappa shape index (κ2) is 6.49. The number of ether oxygens (including phenoxy) is 1. The van der Waals surface area contributed by atoms with E-state index < -0.39 is 11.8 Å². The van der Waals surface area contributed by atoms with Gasteiger partial charge < -0.3 is 4.74 Å². The van der Waals surface area contributed by atoms with E-state index in [1.165, 1.54) is 6.07 Å². The average Bonchev–Trinajstić information content (AvgIpc) is 2.25. The summed E-state index contributed by atoms with van der Waals surface area (Å²) in [5, 5.41) is 0. The molecule has 0 radical (unpaired) electrons. The minimum Gasteiger partial charge on any atom is -0.466 e. The Hall–Kier alpha value is -1.23. The summed E-state index contributed by atoms with van der Waals surface area (Å²) in [7, 11) is 0. The van der Waals surface area contributed by atoms with Crippen molar-refractivity contribution in [2.24, 2.45) is 0 Å². The van der Waals surface area contributed by atoms with Crippen LogP contribution in [0.2, 0.25) is 0 Å². The van der Waals surface area contributed by atoms with Gasteiger partial charge >= 0.3 is 5.97 Å². The molecule has 0 spiro atoms. The molecule has 0 amide bonds. The van der Waals surface area contributed by atoms with Crippen molar-refractivity contribution in [2.45, 2.75) is 19.8 Å². The Morgan fingerprint density at radius 1 is 1.41 bits per heavy atom. The third kappa shape index (κ3) is 4.26. The van der Waals surface area contributed by atoms with Crippen LogP contribution in [0.4, 0.5) is 4.39 Å². The summed E-state index contributed by atoms with van der Waals surface area (Å²) in [4.78, 5) is 22.5. The van der Waals surface area contributed by atoms with Gasteiger partial charge in [0.25, 0.3) is 0 Å². The van der Waals surface area contributed by atoms with Gasteiger partial charge in [0.15, 0.2) is 0 Å². The lowest BCUT2D eigenvalue weighted by Crippen LogP contribution is -2.13. The van der Waals surface area contributed by atoms with E-state index in [9.17, 15) is 14.0 Å². The van der Waals surface area contributed by atoms with Crippen molar-refractivity contribution in [2.75, 3.05) is 6.61 Å². The normalized spacial score (nSPS) is 10.1. The molecular weight excluding hydrogens is 291 g/mol. The van der Waals surface area contributed by atoms with Crippen molar-refractivity contribution in [1.29, 1.82) is 0 Å². The van der Waals surface area contributed by atoms with Crippen LogP contribution in [0.25, 0.3) is 0 Å². The number of hydrogen-bond donors (Lipinski definition) is 0. The maximum atomic E-state index is 13.5. The van der Waals surface area contributed by atoms with Crippen LogP contribution in [-0.4, -0.2) is 18.4 Å². The summed E-state index contributed by atoms with van der Waals surface area (Å²) in [5.41, 5.74) is 0.272. The van der Waals surface area contributed by atoms with E-state index in [1.807, 2.05) is 0 Å². The second-order valence-electron chi connectivity index (χ2n) is 3.41. The molecule has 1 aromatic carbocycles. The predicted molar refractivity (Wildman–Crippen MR) is 64.1 cm³/mol. The van der Waals surface area contributed by atoms with E-state index in [0.29, 0.717) is 4.47 Å². The molecule has 3 nitrogen and oxygen atoms in total.